The number of benzene rings is 27. The van der Waals surface area contributed by atoms with Crippen LogP contribution in [-0.4, -0.2) is 0 Å². The van der Waals surface area contributed by atoms with Gasteiger partial charge in [-0.25, -0.2) is 0 Å². The summed E-state index contributed by atoms with van der Waals surface area (Å²) in [5.74, 6) is 0. The number of hydrogen-bond acceptors (Lipinski definition) is 3. The molecule has 0 unspecified atom stereocenters. The molecule has 0 aliphatic heterocycles. The Kier molecular flexibility index (Phi) is 21.0. The molecule has 3 heterocycles. The van der Waals surface area contributed by atoms with Crippen LogP contribution >= 0.6 is 0 Å². The normalized spacial score (nSPS) is 11.7. The van der Waals surface area contributed by atoms with Crippen molar-refractivity contribution in [2.45, 2.75) is 0 Å². The van der Waals surface area contributed by atoms with Crippen molar-refractivity contribution >= 4 is 163 Å². The molecule has 30 rings (SSSR count). The average Bonchev–Trinajstić information content (AvgIpc) is 1.21. The molecular formula is C144H90O3. The maximum atomic E-state index is 6.71. The predicted molar refractivity (Wildman–Crippen MR) is 624 cm³/mol. The molecule has 0 spiro atoms. The van der Waals surface area contributed by atoms with E-state index in [1.165, 1.54) is 203 Å². The molecule has 3 aromatic heterocycles. The molecule has 0 aliphatic carbocycles. The molecule has 0 fully saturated rings. The first kappa shape index (κ1) is 85.6. The number of para-hydroxylation sites is 3. The molecule has 147 heavy (non-hydrogen) atoms. The predicted octanol–water partition coefficient (Wildman–Crippen LogP) is 41.1. The highest BCUT2D eigenvalue weighted by atomic mass is 16.3. The van der Waals surface area contributed by atoms with Crippen LogP contribution in [-0.2, 0) is 0 Å². The average molecular weight is 1870 g/mol. The molecule has 0 N–H and O–H groups in total. The topological polar surface area (TPSA) is 39.4 Å². The van der Waals surface area contributed by atoms with Gasteiger partial charge in [0, 0.05) is 43.4 Å². The zero-order valence-electron chi connectivity index (χ0n) is 80.2. The van der Waals surface area contributed by atoms with Crippen LogP contribution in [0.1, 0.15) is 0 Å². The molecular weight excluding hydrogens is 1780 g/mol. The van der Waals surface area contributed by atoms with Gasteiger partial charge >= 0.3 is 0 Å². The smallest absolute Gasteiger partial charge is 0.143 e. The third-order valence-electron chi connectivity index (χ3n) is 30.2. The molecule has 0 bridgehead atoms. The first-order valence-electron chi connectivity index (χ1n) is 50.6. The van der Waals surface area contributed by atoms with Crippen LogP contribution < -0.4 is 0 Å². The SMILES string of the molecule is c1ccc(-c2cc(-c3c4ccccc4c(-c4ccccc4-c4ccc5ccccc5c4)c4ccccc34)c3c(c2)oc2ccccc23)cc1.c1ccc(-c2ccc(-c3c4ccccc4c(-c4ccccc4-c4ccc5ccccc5c4)c4ccccc34)c3c2oc2ccccc23)cc1.c1ccc(-c2cccc3c2oc2cccc(-c4c5ccccc5c(-c5ccccc5-c5ccc6ccccc6c5)c5ccccc45)c23)cc1. The summed E-state index contributed by atoms with van der Waals surface area (Å²) in [4.78, 5) is 0. The Balaban J connectivity index is 0.000000107. The van der Waals surface area contributed by atoms with Crippen molar-refractivity contribution in [3.63, 3.8) is 0 Å². The Morgan fingerprint density at radius 1 is 0.102 bits per heavy atom. The van der Waals surface area contributed by atoms with Gasteiger partial charge in [0.25, 0.3) is 0 Å². The first-order valence-corrected chi connectivity index (χ1v) is 50.6. The van der Waals surface area contributed by atoms with Gasteiger partial charge in [-0.15, -0.1) is 0 Å². The minimum Gasteiger partial charge on any atom is -0.456 e. The minimum atomic E-state index is 0.898. The summed E-state index contributed by atoms with van der Waals surface area (Å²) in [5.41, 5.74) is 34.3. The Labute approximate surface area is 849 Å². The molecule has 0 atom stereocenters. The van der Waals surface area contributed by atoms with Crippen LogP contribution in [0, 0.1) is 0 Å². The lowest BCUT2D eigenvalue weighted by Crippen LogP contribution is -1.93. The highest BCUT2D eigenvalue weighted by Gasteiger charge is 2.29. The largest absolute Gasteiger partial charge is 0.456 e. The van der Waals surface area contributed by atoms with E-state index in [0.717, 1.165) is 93.6 Å². The lowest BCUT2D eigenvalue weighted by molar-refractivity contribution is 0.669. The van der Waals surface area contributed by atoms with Crippen LogP contribution in [0.2, 0.25) is 0 Å². The molecule has 3 heteroatoms. The molecule has 0 saturated carbocycles. The number of fused-ring (bicyclic) bond motifs is 18. The first-order chi connectivity index (χ1) is 73.0. The third kappa shape index (κ3) is 14.6. The zero-order valence-corrected chi connectivity index (χ0v) is 80.2. The molecule has 0 aliphatic rings. The molecule has 0 radical (unpaired) electrons. The fourth-order valence-electron chi connectivity index (χ4n) is 23.7. The van der Waals surface area contributed by atoms with Gasteiger partial charge in [0.2, 0.25) is 0 Å². The van der Waals surface area contributed by atoms with Gasteiger partial charge in [-0.1, -0.05) is 491 Å². The highest BCUT2D eigenvalue weighted by Crippen LogP contribution is 2.56. The lowest BCUT2D eigenvalue weighted by Gasteiger charge is -2.20. The van der Waals surface area contributed by atoms with Crippen molar-refractivity contribution in [2.24, 2.45) is 0 Å². The molecule has 30 aromatic rings. The monoisotopic (exact) mass is 1870 g/mol. The van der Waals surface area contributed by atoms with Gasteiger partial charge in [0.15, 0.2) is 0 Å². The molecule has 684 valence electrons. The summed E-state index contributed by atoms with van der Waals surface area (Å²) >= 11 is 0. The van der Waals surface area contributed by atoms with Crippen LogP contribution in [0.4, 0.5) is 0 Å². The van der Waals surface area contributed by atoms with Gasteiger partial charge in [-0.3, -0.25) is 0 Å². The molecule has 3 nitrogen and oxygen atoms in total. The summed E-state index contributed by atoms with van der Waals surface area (Å²) in [5, 5.41) is 29.1. The van der Waals surface area contributed by atoms with Crippen molar-refractivity contribution < 1.29 is 13.3 Å². The molecule has 0 saturated heterocycles. The third-order valence-corrected chi connectivity index (χ3v) is 30.2. The Morgan fingerprint density at radius 2 is 0.361 bits per heavy atom. The standard InChI is InChI=1S/3C48H30O/c1-2-15-32(16-3-1)36-24-12-26-43-47-42(25-13-27-44(47)49-48(36)43)46-40-22-10-8-20-38(40)45(39-21-9-11-23-41(39)46)37-19-7-6-18-35(37)34-29-28-31-14-4-5-17-33(31)30-34;1-2-15-32(16-3-1)36-28-29-43(47-42-24-12-13-25-44(42)49-48(36)47)46-40-22-10-8-20-38(40)45(39-21-9-11-23-41(39)46)37-19-7-6-18-35(37)34-27-26-31-14-4-5-17-33(31)30-34;1-2-14-31(15-3-1)35-29-43(48-42-24-12-13-25-44(42)49-45(48)30-35)47-40-22-10-8-20-38(40)46(39-21-9-11-23-41(39)47)37-19-7-6-18-36(37)34-27-26-32-16-4-5-17-33(32)28-34/h3*1-30H. The van der Waals surface area contributed by atoms with Crippen molar-refractivity contribution in [3.8, 4) is 134 Å². The number of rotatable bonds is 12. The number of furan rings is 3. The van der Waals surface area contributed by atoms with E-state index in [1.54, 1.807) is 0 Å². The fourth-order valence-corrected chi connectivity index (χ4v) is 23.7. The van der Waals surface area contributed by atoms with Crippen molar-refractivity contribution in [3.05, 3.63) is 546 Å². The van der Waals surface area contributed by atoms with Crippen LogP contribution in [0.25, 0.3) is 296 Å². The van der Waals surface area contributed by atoms with Crippen LogP contribution in [0.5, 0.6) is 0 Å². The second-order valence-electron chi connectivity index (χ2n) is 38.4. The second kappa shape index (κ2) is 36.0. The van der Waals surface area contributed by atoms with Crippen LogP contribution in [0.3, 0.4) is 0 Å². The zero-order chi connectivity index (χ0) is 96.9. The molecule has 0 amide bonds. The van der Waals surface area contributed by atoms with Crippen molar-refractivity contribution in [1.29, 1.82) is 0 Å². The van der Waals surface area contributed by atoms with E-state index in [9.17, 15) is 0 Å². The summed E-state index contributed by atoms with van der Waals surface area (Å²) in [7, 11) is 0. The molecule has 27 aromatic carbocycles. The highest BCUT2D eigenvalue weighted by molar-refractivity contribution is 6.31. The van der Waals surface area contributed by atoms with Gasteiger partial charge in [0.1, 0.15) is 33.5 Å². The summed E-state index contributed by atoms with van der Waals surface area (Å²) in [6.07, 6.45) is 0. The summed E-state index contributed by atoms with van der Waals surface area (Å²) < 4.78 is 20.0. The fraction of sp³-hybridized carbons (Fsp3) is 0. The van der Waals surface area contributed by atoms with E-state index < -0.39 is 0 Å². The van der Waals surface area contributed by atoms with Gasteiger partial charge in [-0.2, -0.15) is 0 Å². The van der Waals surface area contributed by atoms with Gasteiger partial charge < -0.3 is 13.3 Å². The van der Waals surface area contributed by atoms with Crippen molar-refractivity contribution in [2.75, 3.05) is 0 Å². The van der Waals surface area contributed by atoms with Crippen LogP contribution in [0.15, 0.2) is 559 Å². The Bertz CT molecular complexity index is 10300. The Hall–Kier alpha value is -19.3. The van der Waals surface area contributed by atoms with E-state index in [0.29, 0.717) is 0 Å². The minimum absolute atomic E-state index is 0.898. The van der Waals surface area contributed by atoms with Gasteiger partial charge in [-0.05, 0) is 274 Å². The Morgan fingerprint density at radius 3 is 0.769 bits per heavy atom. The van der Waals surface area contributed by atoms with Gasteiger partial charge in [0.05, 0.1) is 0 Å². The van der Waals surface area contributed by atoms with E-state index in [2.05, 4.69) is 546 Å². The van der Waals surface area contributed by atoms with E-state index in [-0.39, 0.29) is 0 Å². The summed E-state index contributed by atoms with van der Waals surface area (Å²) in [6.45, 7) is 0. The summed E-state index contributed by atoms with van der Waals surface area (Å²) in [6, 6.07) is 197. The quantitative estimate of drug-likeness (QED) is 0.114. The van der Waals surface area contributed by atoms with E-state index in [1.807, 2.05) is 0 Å². The second-order valence-corrected chi connectivity index (χ2v) is 38.4. The van der Waals surface area contributed by atoms with Crippen molar-refractivity contribution in [1.82, 2.24) is 0 Å². The maximum Gasteiger partial charge on any atom is 0.143 e. The number of hydrogen-bond donors (Lipinski definition) is 0. The van der Waals surface area contributed by atoms with E-state index >= 15 is 0 Å². The maximum absolute atomic E-state index is 6.71. The van der Waals surface area contributed by atoms with E-state index in [4.69, 9.17) is 13.3 Å². The lowest BCUT2D eigenvalue weighted by atomic mass is 9.82.